The molecule has 0 radical (unpaired) electrons. The highest BCUT2D eigenvalue weighted by Gasteiger charge is 2.10. The summed E-state index contributed by atoms with van der Waals surface area (Å²) >= 11 is 0. The molecule has 0 saturated carbocycles. The molecular formula is C16H25N3O2. The van der Waals surface area contributed by atoms with E-state index in [1.807, 2.05) is 13.8 Å². The summed E-state index contributed by atoms with van der Waals surface area (Å²) in [5.41, 5.74) is 7.01. The molecule has 5 heteroatoms. The van der Waals surface area contributed by atoms with E-state index in [0.717, 1.165) is 19.3 Å². The van der Waals surface area contributed by atoms with Crippen LogP contribution in [0.25, 0.3) is 0 Å². The first-order chi connectivity index (χ1) is 10.1. The van der Waals surface area contributed by atoms with Crippen molar-refractivity contribution in [1.29, 1.82) is 0 Å². The van der Waals surface area contributed by atoms with Crippen LogP contribution in [0.3, 0.4) is 0 Å². The lowest BCUT2D eigenvalue weighted by molar-refractivity contribution is -0.116. The summed E-state index contributed by atoms with van der Waals surface area (Å²) in [6.45, 7) is 4.67. The Hall–Kier alpha value is -1.88. The summed E-state index contributed by atoms with van der Waals surface area (Å²) < 4.78 is 0. The fraction of sp³-hybridized carbons (Fsp3) is 0.500. The summed E-state index contributed by atoms with van der Waals surface area (Å²) in [5.74, 6) is -0.252. The predicted molar refractivity (Wildman–Crippen MR) is 85.2 cm³/mol. The van der Waals surface area contributed by atoms with Crippen LogP contribution in [0.5, 0.6) is 0 Å². The second kappa shape index (κ2) is 9.13. The highest BCUT2D eigenvalue weighted by molar-refractivity contribution is 5.97. The lowest BCUT2D eigenvalue weighted by Gasteiger charge is -2.11. The molecule has 0 bridgehead atoms. The largest absolute Gasteiger partial charge is 0.352 e. The Morgan fingerprint density at radius 1 is 1.24 bits per heavy atom. The molecule has 1 aromatic rings. The van der Waals surface area contributed by atoms with Crippen molar-refractivity contribution in [3.63, 3.8) is 0 Å². The fourth-order valence-electron chi connectivity index (χ4n) is 2.00. The first-order valence-electron chi connectivity index (χ1n) is 7.50. The number of nitrogens with one attached hydrogen (secondary N) is 2. The molecule has 0 aliphatic heterocycles. The zero-order chi connectivity index (χ0) is 15.7. The van der Waals surface area contributed by atoms with Gasteiger partial charge in [-0.1, -0.05) is 26.3 Å². The van der Waals surface area contributed by atoms with Crippen LogP contribution >= 0.6 is 0 Å². The van der Waals surface area contributed by atoms with Gasteiger partial charge >= 0.3 is 0 Å². The number of hydrogen-bond acceptors (Lipinski definition) is 3. The summed E-state index contributed by atoms with van der Waals surface area (Å²) in [6.07, 6.45) is 2.96. The number of hydrogen-bond donors (Lipinski definition) is 3. The first kappa shape index (κ1) is 17.2. The molecule has 0 heterocycles. The Morgan fingerprint density at radius 2 is 2.00 bits per heavy atom. The molecule has 0 saturated heterocycles. The first-order valence-corrected chi connectivity index (χ1v) is 7.50. The van der Waals surface area contributed by atoms with Gasteiger partial charge in [0.25, 0.3) is 5.91 Å². The number of carbonyl (C=O) groups excluding carboxylic acids is 2. The molecule has 0 spiro atoms. The summed E-state index contributed by atoms with van der Waals surface area (Å²) in [4.78, 5) is 23.7. The topological polar surface area (TPSA) is 84.2 Å². The third-order valence-corrected chi connectivity index (χ3v) is 3.05. The Morgan fingerprint density at radius 3 is 2.67 bits per heavy atom. The van der Waals surface area contributed by atoms with E-state index < -0.39 is 0 Å². The Bertz CT molecular complexity index is 474. The minimum atomic E-state index is -0.129. The van der Waals surface area contributed by atoms with Gasteiger partial charge in [-0.25, -0.2) is 0 Å². The van der Waals surface area contributed by atoms with Gasteiger partial charge in [-0.05, 0) is 31.0 Å². The van der Waals surface area contributed by atoms with Crippen LogP contribution < -0.4 is 16.4 Å². The summed E-state index contributed by atoms with van der Waals surface area (Å²) in [7, 11) is 0. The molecule has 4 N–H and O–H groups in total. The number of rotatable bonds is 8. The van der Waals surface area contributed by atoms with Gasteiger partial charge in [0.1, 0.15) is 0 Å². The number of carbonyl (C=O) groups is 2. The van der Waals surface area contributed by atoms with E-state index in [1.54, 1.807) is 24.3 Å². The summed E-state index contributed by atoms with van der Waals surface area (Å²) in [5, 5.41) is 5.59. The van der Waals surface area contributed by atoms with Gasteiger partial charge in [0, 0.05) is 30.3 Å². The number of nitrogens with two attached hydrogens (primary N) is 1. The smallest absolute Gasteiger partial charge is 0.251 e. The lowest BCUT2D eigenvalue weighted by Crippen LogP contribution is -2.27. The maximum Gasteiger partial charge on any atom is 0.251 e. The molecule has 0 fully saturated rings. The van der Waals surface area contributed by atoms with Crippen LogP contribution in [0.15, 0.2) is 24.3 Å². The van der Waals surface area contributed by atoms with Gasteiger partial charge < -0.3 is 16.4 Å². The van der Waals surface area contributed by atoms with Crippen molar-refractivity contribution in [2.45, 2.75) is 45.6 Å². The standard InChI is InChI=1S/C16H25N3O2/c1-3-6-13(17)11-15(20)19-14-8-5-7-12(10-14)16(21)18-9-4-2/h5,7-8,10,13H,3-4,6,9,11,17H2,1-2H3,(H,18,21)(H,19,20). The van der Waals surface area contributed by atoms with Crippen LogP contribution in [0.1, 0.15) is 49.9 Å². The van der Waals surface area contributed by atoms with Crippen LogP contribution in [0.4, 0.5) is 5.69 Å². The van der Waals surface area contributed by atoms with Crippen LogP contribution in [0, 0.1) is 0 Å². The van der Waals surface area contributed by atoms with Crippen molar-refractivity contribution in [3.8, 4) is 0 Å². The van der Waals surface area contributed by atoms with E-state index in [1.165, 1.54) is 0 Å². The van der Waals surface area contributed by atoms with E-state index >= 15 is 0 Å². The molecule has 2 amide bonds. The highest BCUT2D eigenvalue weighted by Crippen LogP contribution is 2.12. The number of benzene rings is 1. The van der Waals surface area contributed by atoms with Gasteiger partial charge in [0.2, 0.25) is 5.91 Å². The van der Waals surface area contributed by atoms with E-state index in [-0.39, 0.29) is 17.9 Å². The molecule has 1 unspecified atom stereocenters. The highest BCUT2D eigenvalue weighted by atomic mass is 16.2. The fourth-order valence-corrected chi connectivity index (χ4v) is 2.00. The normalized spacial score (nSPS) is 11.8. The lowest BCUT2D eigenvalue weighted by atomic mass is 10.1. The van der Waals surface area contributed by atoms with Crippen molar-refractivity contribution in [3.05, 3.63) is 29.8 Å². The Kier molecular flexibility index (Phi) is 7.46. The van der Waals surface area contributed by atoms with Crippen molar-refractivity contribution >= 4 is 17.5 Å². The molecule has 116 valence electrons. The van der Waals surface area contributed by atoms with Crippen molar-refractivity contribution in [2.75, 3.05) is 11.9 Å². The average Bonchev–Trinajstić information content (AvgIpc) is 2.45. The van der Waals surface area contributed by atoms with Crippen molar-refractivity contribution in [1.82, 2.24) is 5.32 Å². The number of amides is 2. The van der Waals surface area contributed by atoms with E-state index in [2.05, 4.69) is 10.6 Å². The third kappa shape index (κ3) is 6.40. The molecule has 1 rings (SSSR count). The van der Waals surface area contributed by atoms with Crippen LogP contribution in [0.2, 0.25) is 0 Å². The molecule has 0 aliphatic rings. The molecule has 1 atom stereocenters. The molecular weight excluding hydrogens is 266 g/mol. The second-order valence-electron chi connectivity index (χ2n) is 5.14. The Labute approximate surface area is 126 Å². The van der Waals surface area contributed by atoms with Crippen molar-refractivity contribution in [2.24, 2.45) is 5.73 Å². The predicted octanol–water partition coefficient (Wildman–Crippen LogP) is 2.28. The van der Waals surface area contributed by atoms with E-state index in [9.17, 15) is 9.59 Å². The van der Waals surface area contributed by atoms with Crippen LogP contribution in [-0.2, 0) is 4.79 Å². The van der Waals surface area contributed by atoms with E-state index in [4.69, 9.17) is 5.73 Å². The van der Waals surface area contributed by atoms with Crippen LogP contribution in [-0.4, -0.2) is 24.4 Å². The molecule has 21 heavy (non-hydrogen) atoms. The van der Waals surface area contributed by atoms with Gasteiger partial charge in [-0.3, -0.25) is 9.59 Å². The zero-order valence-electron chi connectivity index (χ0n) is 12.8. The van der Waals surface area contributed by atoms with Gasteiger partial charge in [0.15, 0.2) is 0 Å². The minimum absolute atomic E-state index is 0.119. The molecule has 1 aromatic carbocycles. The molecule has 0 aromatic heterocycles. The summed E-state index contributed by atoms with van der Waals surface area (Å²) in [6, 6.07) is 6.80. The monoisotopic (exact) mass is 291 g/mol. The maximum absolute atomic E-state index is 11.9. The number of anilines is 1. The van der Waals surface area contributed by atoms with Crippen molar-refractivity contribution < 1.29 is 9.59 Å². The zero-order valence-corrected chi connectivity index (χ0v) is 12.8. The Balaban J connectivity index is 2.59. The molecule has 0 aliphatic carbocycles. The maximum atomic E-state index is 11.9. The average molecular weight is 291 g/mol. The molecule has 5 nitrogen and oxygen atoms in total. The third-order valence-electron chi connectivity index (χ3n) is 3.05. The minimum Gasteiger partial charge on any atom is -0.352 e. The second-order valence-corrected chi connectivity index (χ2v) is 5.14. The van der Waals surface area contributed by atoms with Gasteiger partial charge in [0.05, 0.1) is 0 Å². The van der Waals surface area contributed by atoms with Gasteiger partial charge in [-0.15, -0.1) is 0 Å². The van der Waals surface area contributed by atoms with E-state index in [0.29, 0.717) is 24.2 Å². The SMILES string of the molecule is CCCNC(=O)c1cccc(NC(=O)CC(N)CCC)c1. The van der Waals surface area contributed by atoms with Gasteiger partial charge in [-0.2, -0.15) is 0 Å². The quantitative estimate of drug-likeness (QED) is 0.687.